The molecule has 1 aromatic carbocycles. The summed E-state index contributed by atoms with van der Waals surface area (Å²) in [7, 11) is 0. The van der Waals surface area contributed by atoms with Crippen LogP contribution >= 0.6 is 11.6 Å². The minimum atomic E-state index is -0.573. The van der Waals surface area contributed by atoms with Crippen molar-refractivity contribution < 1.29 is 4.39 Å². The summed E-state index contributed by atoms with van der Waals surface area (Å²) in [5.41, 5.74) is 6.93. The van der Waals surface area contributed by atoms with Gasteiger partial charge in [-0.2, -0.15) is 0 Å². The molecule has 6 heteroatoms. The van der Waals surface area contributed by atoms with Crippen molar-refractivity contribution in [2.45, 2.75) is 91.8 Å². The van der Waals surface area contributed by atoms with Crippen LogP contribution in [-0.4, -0.2) is 14.5 Å². The number of nitrogens with one attached hydrogen (secondary N) is 1. The molecule has 0 radical (unpaired) electrons. The summed E-state index contributed by atoms with van der Waals surface area (Å²) in [4.78, 5) is 7.27. The van der Waals surface area contributed by atoms with Crippen LogP contribution in [0.3, 0.4) is 0 Å². The SMILES string of the molecule is C=CCC1(C(=C)CC)c2ccc(F)cc2C(=C)N1Cc1cc2nc(NC(=C)CC(C)(C)C)cc(Cl)c2n1CCCCC. The van der Waals surface area contributed by atoms with E-state index in [1.807, 2.05) is 18.2 Å². The van der Waals surface area contributed by atoms with Crippen LogP contribution in [0.5, 0.6) is 0 Å². The van der Waals surface area contributed by atoms with E-state index in [1.54, 1.807) is 6.07 Å². The summed E-state index contributed by atoms with van der Waals surface area (Å²) in [6.07, 6.45) is 7.41. The average molecular weight is 589 g/mol. The highest BCUT2D eigenvalue weighted by Gasteiger charge is 2.47. The van der Waals surface area contributed by atoms with E-state index in [2.05, 4.69) is 81.8 Å². The molecule has 0 aliphatic carbocycles. The van der Waals surface area contributed by atoms with Gasteiger partial charge in [-0.25, -0.2) is 9.37 Å². The lowest BCUT2D eigenvalue weighted by atomic mass is 9.79. The fourth-order valence-corrected chi connectivity index (χ4v) is 6.69. The monoisotopic (exact) mass is 588 g/mol. The first-order valence-corrected chi connectivity index (χ1v) is 15.4. The molecule has 42 heavy (non-hydrogen) atoms. The molecule has 224 valence electrons. The first-order valence-electron chi connectivity index (χ1n) is 15.1. The van der Waals surface area contributed by atoms with Crippen LogP contribution < -0.4 is 5.32 Å². The van der Waals surface area contributed by atoms with Gasteiger partial charge in [-0.1, -0.05) is 90.9 Å². The van der Waals surface area contributed by atoms with Crippen LogP contribution in [0.4, 0.5) is 10.2 Å². The van der Waals surface area contributed by atoms with Crippen molar-refractivity contribution in [3.05, 3.63) is 102 Å². The van der Waals surface area contributed by atoms with E-state index >= 15 is 0 Å². The third-order valence-corrected chi connectivity index (χ3v) is 8.51. The number of aryl methyl sites for hydroxylation is 1. The quantitative estimate of drug-likeness (QED) is 0.159. The lowest BCUT2D eigenvalue weighted by molar-refractivity contribution is 0.202. The summed E-state index contributed by atoms with van der Waals surface area (Å²) >= 11 is 6.99. The highest BCUT2D eigenvalue weighted by Crippen LogP contribution is 2.53. The molecule has 4 rings (SSSR count). The number of hydrogen-bond acceptors (Lipinski definition) is 3. The fraction of sp³-hybridized carbons (Fsp3) is 0.417. The topological polar surface area (TPSA) is 33.1 Å². The van der Waals surface area contributed by atoms with Crippen molar-refractivity contribution in [1.29, 1.82) is 0 Å². The Balaban J connectivity index is 1.83. The van der Waals surface area contributed by atoms with Gasteiger partial charge in [0.2, 0.25) is 0 Å². The minimum absolute atomic E-state index is 0.104. The summed E-state index contributed by atoms with van der Waals surface area (Å²) in [5, 5.41) is 4.03. The molecule has 3 heterocycles. The molecular weight excluding hydrogens is 543 g/mol. The molecule has 1 atom stereocenters. The number of pyridine rings is 1. The lowest BCUT2D eigenvalue weighted by Crippen LogP contribution is -2.41. The number of allylic oxidation sites excluding steroid dienone is 1. The van der Waals surface area contributed by atoms with Crippen molar-refractivity contribution in [3.8, 4) is 0 Å². The van der Waals surface area contributed by atoms with Gasteiger partial charge < -0.3 is 14.8 Å². The van der Waals surface area contributed by atoms with E-state index in [1.165, 1.54) is 6.07 Å². The smallest absolute Gasteiger partial charge is 0.132 e. The molecule has 1 N–H and O–H groups in total. The number of nitrogens with zero attached hydrogens (tertiary/aromatic N) is 3. The summed E-state index contributed by atoms with van der Waals surface area (Å²) in [6.45, 7) is 29.5. The number of hydrogen-bond donors (Lipinski definition) is 1. The molecule has 2 aromatic heterocycles. The molecule has 0 amide bonds. The first-order chi connectivity index (χ1) is 19.9. The van der Waals surface area contributed by atoms with E-state index < -0.39 is 5.54 Å². The van der Waals surface area contributed by atoms with E-state index in [-0.39, 0.29) is 11.2 Å². The van der Waals surface area contributed by atoms with E-state index in [0.29, 0.717) is 23.8 Å². The van der Waals surface area contributed by atoms with Crippen molar-refractivity contribution in [1.82, 2.24) is 14.5 Å². The Morgan fingerprint density at radius 2 is 1.88 bits per heavy atom. The van der Waals surface area contributed by atoms with E-state index in [0.717, 1.165) is 83.5 Å². The molecule has 0 spiro atoms. The van der Waals surface area contributed by atoms with Gasteiger partial charge in [0.1, 0.15) is 11.6 Å². The predicted molar refractivity (Wildman–Crippen MR) is 178 cm³/mol. The van der Waals surface area contributed by atoms with Gasteiger partial charge in [-0.3, -0.25) is 0 Å². The van der Waals surface area contributed by atoms with Crippen molar-refractivity contribution in [2.24, 2.45) is 5.41 Å². The van der Waals surface area contributed by atoms with Crippen LogP contribution in [-0.2, 0) is 18.6 Å². The number of unbranched alkanes of at least 4 members (excludes halogenated alkanes) is 2. The second-order valence-corrected chi connectivity index (χ2v) is 13.1. The van der Waals surface area contributed by atoms with Crippen molar-refractivity contribution >= 4 is 34.1 Å². The fourth-order valence-electron chi connectivity index (χ4n) is 6.39. The molecule has 4 nitrogen and oxygen atoms in total. The Labute approximate surface area is 256 Å². The number of benzene rings is 1. The molecular formula is C36H46ClFN4. The molecule has 1 aliphatic rings. The van der Waals surface area contributed by atoms with Crippen LogP contribution in [0.2, 0.25) is 5.02 Å². The highest BCUT2D eigenvalue weighted by atomic mass is 35.5. The van der Waals surface area contributed by atoms with Crippen LogP contribution in [0, 0.1) is 11.2 Å². The molecule has 0 fully saturated rings. The Kier molecular flexibility index (Phi) is 9.42. The Morgan fingerprint density at radius 3 is 2.52 bits per heavy atom. The Hall–Kier alpha value is -3.31. The summed E-state index contributed by atoms with van der Waals surface area (Å²) in [6, 6.07) is 9.04. The third-order valence-electron chi connectivity index (χ3n) is 8.22. The van der Waals surface area contributed by atoms with E-state index in [9.17, 15) is 4.39 Å². The minimum Gasteiger partial charge on any atom is -0.352 e. The normalized spacial score (nSPS) is 16.6. The average Bonchev–Trinajstić information content (AvgIpc) is 3.36. The molecule has 3 aromatic rings. The number of halogens is 2. The van der Waals surface area contributed by atoms with Gasteiger partial charge in [0.15, 0.2) is 0 Å². The van der Waals surface area contributed by atoms with E-state index in [4.69, 9.17) is 16.6 Å². The highest BCUT2D eigenvalue weighted by molar-refractivity contribution is 6.35. The lowest BCUT2D eigenvalue weighted by Gasteiger charge is -2.42. The van der Waals surface area contributed by atoms with Gasteiger partial charge in [0.25, 0.3) is 0 Å². The maximum Gasteiger partial charge on any atom is 0.132 e. The van der Waals surface area contributed by atoms with Gasteiger partial charge in [-0.05, 0) is 60.4 Å². The third kappa shape index (κ3) is 6.08. The largest absolute Gasteiger partial charge is 0.352 e. The van der Waals surface area contributed by atoms with Crippen LogP contribution in [0.15, 0.2) is 74.0 Å². The van der Waals surface area contributed by atoms with Gasteiger partial charge in [0.05, 0.1) is 28.1 Å². The number of anilines is 1. The molecule has 0 bridgehead atoms. The summed E-state index contributed by atoms with van der Waals surface area (Å²) in [5.74, 6) is 0.414. The second-order valence-electron chi connectivity index (χ2n) is 12.7. The van der Waals surface area contributed by atoms with Crippen LogP contribution in [0.25, 0.3) is 16.7 Å². The Bertz CT molecular complexity index is 1530. The standard InChI is InChI=1S/C36H46ClFN4/c1-10-13-14-18-41-28(20-32-34(41)31(37)21-33(40-32)39-25(5)22-35(7,8)9)23-42-26(6)29-19-27(38)15-16-30(29)36(42,17-11-2)24(4)12-3/h11,15-16,19-21H,2,4-6,10,12-14,17-18,22-23H2,1,3,7-9H3,(H,39,40). The van der Waals surface area contributed by atoms with Crippen molar-refractivity contribution in [3.63, 3.8) is 0 Å². The van der Waals surface area contributed by atoms with Gasteiger partial charge >= 0.3 is 0 Å². The second kappa shape index (κ2) is 12.5. The number of rotatable bonds is 13. The van der Waals surface area contributed by atoms with Crippen LogP contribution in [0.1, 0.15) is 90.0 Å². The molecule has 1 aliphatic heterocycles. The maximum atomic E-state index is 14.5. The zero-order valence-corrected chi connectivity index (χ0v) is 26.8. The maximum absolute atomic E-state index is 14.5. The van der Waals surface area contributed by atoms with Crippen molar-refractivity contribution in [2.75, 3.05) is 5.32 Å². The number of fused-ring (bicyclic) bond motifs is 2. The van der Waals surface area contributed by atoms with Gasteiger partial charge in [-0.15, -0.1) is 6.58 Å². The molecule has 0 saturated heterocycles. The predicted octanol–water partition coefficient (Wildman–Crippen LogP) is 10.6. The van der Waals surface area contributed by atoms with Gasteiger partial charge in [0, 0.05) is 35.3 Å². The zero-order valence-electron chi connectivity index (χ0n) is 26.0. The zero-order chi connectivity index (χ0) is 30.8. The molecule has 1 unspecified atom stereocenters. The molecule has 0 saturated carbocycles. The summed E-state index contributed by atoms with van der Waals surface area (Å²) < 4.78 is 16.8. The Morgan fingerprint density at radius 1 is 1.14 bits per heavy atom. The number of aromatic nitrogens is 2. The first kappa shape index (κ1) is 31.6.